The summed E-state index contributed by atoms with van der Waals surface area (Å²) in [5.74, 6) is -1.37. The van der Waals surface area contributed by atoms with E-state index < -0.39 is 5.97 Å². The Kier molecular flexibility index (Phi) is 4.11. The number of thioether (sulfide) groups is 1. The Morgan fingerprint density at radius 3 is 2.94 bits per heavy atom. The van der Waals surface area contributed by atoms with Gasteiger partial charge in [0.2, 0.25) is 5.13 Å². The number of benzene rings is 1. The molecule has 0 saturated carbocycles. The molecule has 8 heteroatoms. The third kappa shape index (κ3) is 3.41. The molecule has 0 fully saturated rings. The fraction of sp³-hybridized carbons (Fsp3) is 0.100. The molecule has 0 aliphatic heterocycles. The van der Waals surface area contributed by atoms with Gasteiger partial charge in [0.05, 0.1) is 11.4 Å². The Balaban J connectivity index is 2.02. The Bertz CT molecular complexity index is 562. The molecule has 1 heterocycles. The monoisotopic (exact) mass is 285 g/mol. The van der Waals surface area contributed by atoms with Gasteiger partial charge in [0.15, 0.2) is 4.34 Å². The van der Waals surface area contributed by atoms with Crippen molar-refractivity contribution in [1.82, 2.24) is 10.2 Å². The highest BCUT2D eigenvalue weighted by Gasteiger charge is 2.08. The molecule has 0 radical (unpaired) electrons. The van der Waals surface area contributed by atoms with E-state index in [0.717, 1.165) is 11.8 Å². The van der Waals surface area contributed by atoms with E-state index in [2.05, 4.69) is 15.5 Å². The van der Waals surface area contributed by atoms with Gasteiger partial charge in [-0.25, -0.2) is 4.39 Å². The highest BCUT2D eigenvalue weighted by atomic mass is 32.2. The van der Waals surface area contributed by atoms with Crippen LogP contribution in [-0.2, 0) is 4.79 Å². The van der Waals surface area contributed by atoms with Crippen molar-refractivity contribution in [3.8, 4) is 0 Å². The fourth-order valence-corrected chi connectivity index (χ4v) is 2.60. The Labute approximate surface area is 110 Å². The number of hydrogen-bond acceptors (Lipinski definition) is 6. The molecule has 2 N–H and O–H groups in total. The van der Waals surface area contributed by atoms with Crippen LogP contribution in [0.3, 0.4) is 0 Å². The minimum absolute atomic E-state index is 0.0751. The molecule has 0 spiro atoms. The van der Waals surface area contributed by atoms with E-state index in [-0.39, 0.29) is 11.6 Å². The first-order valence-electron chi connectivity index (χ1n) is 4.85. The molecule has 0 atom stereocenters. The summed E-state index contributed by atoms with van der Waals surface area (Å²) in [6, 6.07) is 6.21. The van der Waals surface area contributed by atoms with Crippen LogP contribution in [0, 0.1) is 5.82 Å². The van der Waals surface area contributed by atoms with Gasteiger partial charge >= 0.3 is 5.97 Å². The SMILES string of the molecule is O=C(O)CSc1nnc(Nc2ccccc2F)s1. The molecule has 1 aromatic heterocycles. The summed E-state index contributed by atoms with van der Waals surface area (Å²) in [6.07, 6.45) is 0. The molecular weight excluding hydrogens is 277 g/mol. The number of nitrogens with zero attached hydrogens (tertiary/aromatic N) is 2. The number of para-hydroxylation sites is 1. The van der Waals surface area contributed by atoms with E-state index in [4.69, 9.17) is 5.11 Å². The quantitative estimate of drug-likeness (QED) is 0.822. The van der Waals surface area contributed by atoms with E-state index >= 15 is 0 Å². The van der Waals surface area contributed by atoms with Gasteiger partial charge in [-0.2, -0.15) is 0 Å². The highest BCUT2D eigenvalue weighted by Crippen LogP contribution is 2.28. The van der Waals surface area contributed by atoms with Crippen LogP contribution >= 0.6 is 23.1 Å². The summed E-state index contributed by atoms with van der Waals surface area (Å²) >= 11 is 2.25. The third-order valence-electron chi connectivity index (χ3n) is 1.84. The Hall–Kier alpha value is -1.67. The number of carboxylic acid groups (broad SMARTS) is 1. The molecule has 1 aromatic carbocycles. The molecule has 0 bridgehead atoms. The maximum Gasteiger partial charge on any atom is 0.313 e. The molecule has 0 unspecified atom stereocenters. The number of nitrogens with one attached hydrogen (secondary N) is 1. The van der Waals surface area contributed by atoms with Crippen LogP contribution in [0.5, 0.6) is 0 Å². The van der Waals surface area contributed by atoms with Crippen LogP contribution in [0.2, 0.25) is 0 Å². The van der Waals surface area contributed by atoms with Crippen LogP contribution in [-0.4, -0.2) is 27.0 Å². The lowest BCUT2D eigenvalue weighted by Crippen LogP contribution is -1.96. The number of rotatable bonds is 5. The smallest absolute Gasteiger partial charge is 0.313 e. The number of halogens is 1. The molecule has 2 aromatic rings. The summed E-state index contributed by atoms with van der Waals surface area (Å²) in [7, 11) is 0. The van der Waals surface area contributed by atoms with Gasteiger partial charge in [-0.05, 0) is 12.1 Å². The number of anilines is 2. The lowest BCUT2D eigenvalue weighted by atomic mass is 10.3. The van der Waals surface area contributed by atoms with Gasteiger partial charge in [-0.3, -0.25) is 4.79 Å². The predicted molar refractivity (Wildman–Crippen MR) is 68.0 cm³/mol. The minimum Gasteiger partial charge on any atom is -0.481 e. The summed E-state index contributed by atoms with van der Waals surface area (Å²) in [6.45, 7) is 0. The first-order valence-corrected chi connectivity index (χ1v) is 6.65. The van der Waals surface area contributed by atoms with E-state index in [1.54, 1.807) is 18.2 Å². The predicted octanol–water partition coefficient (Wildman–Crippen LogP) is 2.60. The maximum absolute atomic E-state index is 13.3. The van der Waals surface area contributed by atoms with Crippen LogP contribution in [0.4, 0.5) is 15.2 Å². The Morgan fingerprint density at radius 1 is 1.44 bits per heavy atom. The molecule has 0 aliphatic rings. The molecule has 5 nitrogen and oxygen atoms in total. The second kappa shape index (κ2) is 5.78. The highest BCUT2D eigenvalue weighted by molar-refractivity contribution is 8.01. The fourth-order valence-electron chi connectivity index (χ4n) is 1.12. The topological polar surface area (TPSA) is 75.1 Å². The van der Waals surface area contributed by atoms with Gasteiger partial charge in [0.1, 0.15) is 5.82 Å². The summed E-state index contributed by atoms with van der Waals surface area (Å²) in [4.78, 5) is 10.4. The zero-order valence-corrected chi connectivity index (χ0v) is 10.6. The van der Waals surface area contributed by atoms with Crippen LogP contribution in [0.25, 0.3) is 0 Å². The normalized spacial score (nSPS) is 10.3. The van der Waals surface area contributed by atoms with E-state index in [9.17, 15) is 9.18 Å². The van der Waals surface area contributed by atoms with Crippen molar-refractivity contribution in [2.24, 2.45) is 0 Å². The first kappa shape index (κ1) is 12.8. The molecule has 0 amide bonds. The second-order valence-electron chi connectivity index (χ2n) is 3.16. The number of carboxylic acids is 1. The van der Waals surface area contributed by atoms with Crippen molar-refractivity contribution in [3.05, 3.63) is 30.1 Å². The van der Waals surface area contributed by atoms with Crippen molar-refractivity contribution >= 4 is 39.9 Å². The number of hydrogen-bond donors (Lipinski definition) is 2. The summed E-state index contributed by atoms with van der Waals surface area (Å²) in [5, 5.41) is 19.3. The minimum atomic E-state index is -0.918. The van der Waals surface area contributed by atoms with Crippen molar-refractivity contribution in [2.75, 3.05) is 11.1 Å². The van der Waals surface area contributed by atoms with Crippen LogP contribution < -0.4 is 5.32 Å². The summed E-state index contributed by atoms with van der Waals surface area (Å²) < 4.78 is 13.9. The summed E-state index contributed by atoms with van der Waals surface area (Å²) in [5.41, 5.74) is 0.309. The number of aromatic nitrogens is 2. The average molecular weight is 285 g/mol. The van der Waals surface area contributed by atoms with E-state index in [1.165, 1.54) is 17.4 Å². The number of carbonyl (C=O) groups is 1. The zero-order valence-electron chi connectivity index (χ0n) is 8.96. The standard InChI is InChI=1S/C10H8FN3O2S2/c11-6-3-1-2-4-7(6)12-9-13-14-10(18-9)17-5-8(15)16/h1-4H,5H2,(H,12,13)(H,15,16). The van der Waals surface area contributed by atoms with Crippen molar-refractivity contribution in [3.63, 3.8) is 0 Å². The molecule has 2 rings (SSSR count). The van der Waals surface area contributed by atoms with Crippen molar-refractivity contribution < 1.29 is 14.3 Å². The van der Waals surface area contributed by atoms with Gasteiger partial charge in [-0.1, -0.05) is 35.2 Å². The molecular formula is C10H8FN3O2S2. The lowest BCUT2D eigenvalue weighted by Gasteiger charge is -2.01. The average Bonchev–Trinajstić information content (AvgIpc) is 2.77. The second-order valence-corrected chi connectivity index (χ2v) is 5.36. The van der Waals surface area contributed by atoms with Crippen LogP contribution in [0.15, 0.2) is 28.6 Å². The lowest BCUT2D eigenvalue weighted by molar-refractivity contribution is -0.133. The van der Waals surface area contributed by atoms with Gasteiger partial charge in [0.25, 0.3) is 0 Å². The van der Waals surface area contributed by atoms with Crippen molar-refractivity contribution in [1.29, 1.82) is 0 Å². The largest absolute Gasteiger partial charge is 0.481 e. The molecule has 0 saturated heterocycles. The van der Waals surface area contributed by atoms with Gasteiger partial charge in [-0.15, -0.1) is 10.2 Å². The van der Waals surface area contributed by atoms with Gasteiger partial charge < -0.3 is 10.4 Å². The van der Waals surface area contributed by atoms with Crippen molar-refractivity contribution in [2.45, 2.75) is 4.34 Å². The van der Waals surface area contributed by atoms with Gasteiger partial charge in [0, 0.05) is 0 Å². The maximum atomic E-state index is 13.3. The first-order chi connectivity index (χ1) is 8.65. The zero-order chi connectivity index (χ0) is 13.0. The molecule has 0 aliphatic carbocycles. The van der Waals surface area contributed by atoms with E-state index in [1.807, 2.05) is 0 Å². The molecule has 18 heavy (non-hydrogen) atoms. The Morgan fingerprint density at radius 2 is 2.22 bits per heavy atom. The van der Waals surface area contributed by atoms with Crippen LogP contribution in [0.1, 0.15) is 0 Å². The number of aliphatic carboxylic acids is 1. The third-order valence-corrected chi connectivity index (χ3v) is 3.80. The van der Waals surface area contributed by atoms with E-state index in [0.29, 0.717) is 15.2 Å². The molecule has 94 valence electrons.